The van der Waals surface area contributed by atoms with Crippen molar-refractivity contribution >= 4 is 11.6 Å². The van der Waals surface area contributed by atoms with Gasteiger partial charge in [-0.3, -0.25) is 0 Å². The summed E-state index contributed by atoms with van der Waals surface area (Å²) in [7, 11) is 0. The molecular weight excluding hydrogens is 242 g/mol. The summed E-state index contributed by atoms with van der Waals surface area (Å²) in [6, 6.07) is 8.85. The van der Waals surface area contributed by atoms with E-state index in [9.17, 15) is 0 Å². The summed E-state index contributed by atoms with van der Waals surface area (Å²) in [6.45, 7) is 3.24. The van der Waals surface area contributed by atoms with E-state index in [0.29, 0.717) is 6.04 Å². The summed E-state index contributed by atoms with van der Waals surface area (Å²) in [6.07, 6.45) is 8.04. The molecule has 0 spiro atoms. The fourth-order valence-electron chi connectivity index (χ4n) is 3.11. The van der Waals surface area contributed by atoms with Crippen molar-refractivity contribution < 1.29 is 0 Å². The first-order valence-electron chi connectivity index (χ1n) is 7.28. The SMILES string of the molecule is CCNC(Cc1ccccc1Cl)C1CCCCC1. The van der Waals surface area contributed by atoms with E-state index in [1.807, 2.05) is 12.1 Å². The number of rotatable bonds is 5. The molecule has 1 aliphatic carbocycles. The van der Waals surface area contributed by atoms with Crippen molar-refractivity contribution in [3.05, 3.63) is 34.9 Å². The zero-order valence-corrected chi connectivity index (χ0v) is 12.0. The maximum atomic E-state index is 6.28. The summed E-state index contributed by atoms with van der Waals surface area (Å²) >= 11 is 6.28. The van der Waals surface area contributed by atoms with Crippen molar-refractivity contribution in [1.29, 1.82) is 0 Å². The van der Waals surface area contributed by atoms with Gasteiger partial charge in [0.1, 0.15) is 0 Å². The first kappa shape index (κ1) is 13.9. The third-order valence-electron chi connectivity index (χ3n) is 4.08. The predicted molar refractivity (Wildman–Crippen MR) is 79.2 cm³/mol. The minimum Gasteiger partial charge on any atom is -0.314 e. The van der Waals surface area contributed by atoms with E-state index in [2.05, 4.69) is 24.4 Å². The van der Waals surface area contributed by atoms with Gasteiger partial charge in [-0.1, -0.05) is 56.0 Å². The molecule has 1 nitrogen and oxygen atoms in total. The number of hydrogen-bond acceptors (Lipinski definition) is 1. The number of hydrogen-bond donors (Lipinski definition) is 1. The Bertz CT molecular complexity index is 358. The molecule has 0 heterocycles. The molecule has 1 aromatic carbocycles. The Morgan fingerprint density at radius 3 is 2.61 bits per heavy atom. The van der Waals surface area contributed by atoms with Gasteiger partial charge in [0.15, 0.2) is 0 Å². The Hall–Kier alpha value is -0.530. The Labute approximate surface area is 116 Å². The van der Waals surface area contributed by atoms with Gasteiger partial charge < -0.3 is 5.32 Å². The van der Waals surface area contributed by atoms with Gasteiger partial charge in [-0.2, -0.15) is 0 Å². The fourth-order valence-corrected chi connectivity index (χ4v) is 3.32. The average Bonchev–Trinajstić information content (AvgIpc) is 2.42. The topological polar surface area (TPSA) is 12.0 Å². The highest BCUT2D eigenvalue weighted by molar-refractivity contribution is 6.31. The summed E-state index contributed by atoms with van der Waals surface area (Å²) in [4.78, 5) is 0. The third-order valence-corrected chi connectivity index (χ3v) is 4.45. The molecule has 1 aromatic rings. The molecule has 0 aromatic heterocycles. The number of benzene rings is 1. The first-order valence-corrected chi connectivity index (χ1v) is 7.66. The zero-order chi connectivity index (χ0) is 12.8. The minimum absolute atomic E-state index is 0.593. The van der Waals surface area contributed by atoms with E-state index >= 15 is 0 Å². The highest BCUT2D eigenvalue weighted by Crippen LogP contribution is 2.29. The van der Waals surface area contributed by atoms with Gasteiger partial charge in [0, 0.05) is 11.1 Å². The molecule has 1 unspecified atom stereocenters. The Balaban J connectivity index is 2.03. The molecule has 0 radical (unpaired) electrons. The lowest BCUT2D eigenvalue weighted by molar-refractivity contribution is 0.269. The van der Waals surface area contributed by atoms with Crippen molar-refractivity contribution in [3.8, 4) is 0 Å². The molecule has 2 rings (SSSR count). The normalized spacial score (nSPS) is 18.8. The Kier molecular flexibility index (Phi) is 5.52. The van der Waals surface area contributed by atoms with Gasteiger partial charge in [-0.15, -0.1) is 0 Å². The second-order valence-corrected chi connectivity index (χ2v) is 5.76. The van der Waals surface area contributed by atoms with Gasteiger partial charge >= 0.3 is 0 Å². The van der Waals surface area contributed by atoms with Gasteiger partial charge in [-0.25, -0.2) is 0 Å². The minimum atomic E-state index is 0.593. The highest BCUT2D eigenvalue weighted by Gasteiger charge is 2.23. The van der Waals surface area contributed by atoms with Crippen molar-refractivity contribution in [2.45, 2.75) is 51.5 Å². The Morgan fingerprint density at radius 1 is 1.22 bits per heavy atom. The van der Waals surface area contributed by atoms with Crippen LogP contribution in [0, 0.1) is 5.92 Å². The van der Waals surface area contributed by atoms with Gasteiger partial charge in [-0.05, 0) is 43.4 Å². The van der Waals surface area contributed by atoms with Crippen LogP contribution in [0.15, 0.2) is 24.3 Å². The number of nitrogens with one attached hydrogen (secondary N) is 1. The van der Waals surface area contributed by atoms with Crippen LogP contribution in [0.5, 0.6) is 0 Å². The molecule has 0 bridgehead atoms. The quantitative estimate of drug-likeness (QED) is 0.830. The maximum Gasteiger partial charge on any atom is 0.0438 e. The van der Waals surface area contributed by atoms with Gasteiger partial charge in [0.05, 0.1) is 0 Å². The lowest BCUT2D eigenvalue weighted by Gasteiger charge is -2.31. The van der Waals surface area contributed by atoms with Crippen LogP contribution in [0.4, 0.5) is 0 Å². The molecule has 18 heavy (non-hydrogen) atoms. The van der Waals surface area contributed by atoms with E-state index in [1.165, 1.54) is 37.7 Å². The number of halogens is 1. The molecular formula is C16H24ClN. The van der Waals surface area contributed by atoms with Crippen LogP contribution in [0.2, 0.25) is 5.02 Å². The standard InChI is InChI=1S/C16H24ClN/c1-2-18-16(13-8-4-3-5-9-13)12-14-10-6-7-11-15(14)17/h6-7,10-11,13,16,18H,2-5,8-9,12H2,1H3. The summed E-state index contributed by atoms with van der Waals surface area (Å²) in [5.74, 6) is 0.829. The van der Waals surface area contributed by atoms with Crippen molar-refractivity contribution in [2.24, 2.45) is 5.92 Å². The van der Waals surface area contributed by atoms with E-state index in [4.69, 9.17) is 11.6 Å². The van der Waals surface area contributed by atoms with Crippen LogP contribution in [-0.4, -0.2) is 12.6 Å². The van der Waals surface area contributed by atoms with Crippen molar-refractivity contribution in [3.63, 3.8) is 0 Å². The number of likely N-dealkylation sites (N-methyl/N-ethyl adjacent to an activating group) is 1. The average molecular weight is 266 g/mol. The molecule has 1 saturated carbocycles. The molecule has 0 saturated heterocycles. The van der Waals surface area contributed by atoms with Gasteiger partial charge in [0.2, 0.25) is 0 Å². The lowest BCUT2D eigenvalue weighted by atomic mass is 9.81. The molecule has 1 aliphatic rings. The Morgan fingerprint density at radius 2 is 1.94 bits per heavy atom. The molecule has 0 amide bonds. The third kappa shape index (κ3) is 3.73. The van der Waals surface area contributed by atoms with E-state index < -0.39 is 0 Å². The smallest absolute Gasteiger partial charge is 0.0438 e. The first-order chi connectivity index (χ1) is 8.81. The van der Waals surface area contributed by atoms with E-state index in [0.717, 1.165) is 23.9 Å². The lowest BCUT2D eigenvalue weighted by Crippen LogP contribution is -2.39. The summed E-state index contributed by atoms with van der Waals surface area (Å²) in [5, 5.41) is 4.58. The van der Waals surface area contributed by atoms with Gasteiger partial charge in [0.25, 0.3) is 0 Å². The van der Waals surface area contributed by atoms with E-state index in [-0.39, 0.29) is 0 Å². The van der Waals surface area contributed by atoms with Crippen LogP contribution < -0.4 is 5.32 Å². The van der Waals surface area contributed by atoms with E-state index in [1.54, 1.807) is 0 Å². The molecule has 0 aliphatic heterocycles. The van der Waals surface area contributed by atoms with Crippen LogP contribution in [-0.2, 0) is 6.42 Å². The monoisotopic (exact) mass is 265 g/mol. The van der Waals surface area contributed by atoms with Crippen LogP contribution in [0.3, 0.4) is 0 Å². The van der Waals surface area contributed by atoms with Crippen molar-refractivity contribution in [1.82, 2.24) is 5.32 Å². The molecule has 1 N–H and O–H groups in total. The van der Waals surface area contributed by atoms with Crippen LogP contribution in [0.1, 0.15) is 44.6 Å². The molecule has 100 valence electrons. The molecule has 1 atom stereocenters. The maximum absolute atomic E-state index is 6.28. The van der Waals surface area contributed by atoms with Crippen LogP contribution in [0.25, 0.3) is 0 Å². The van der Waals surface area contributed by atoms with Crippen molar-refractivity contribution in [2.75, 3.05) is 6.54 Å². The predicted octanol–water partition coefficient (Wildman–Crippen LogP) is 4.44. The summed E-state index contributed by atoms with van der Waals surface area (Å²) < 4.78 is 0. The summed E-state index contributed by atoms with van der Waals surface area (Å²) in [5.41, 5.74) is 1.29. The second kappa shape index (κ2) is 7.16. The second-order valence-electron chi connectivity index (χ2n) is 5.36. The fraction of sp³-hybridized carbons (Fsp3) is 0.625. The highest BCUT2D eigenvalue weighted by atomic mass is 35.5. The largest absolute Gasteiger partial charge is 0.314 e. The van der Waals surface area contributed by atoms with Crippen LogP contribution >= 0.6 is 11.6 Å². The molecule has 2 heteroatoms. The zero-order valence-electron chi connectivity index (χ0n) is 11.3. The molecule has 1 fully saturated rings.